The number of carbonyl (C=O) groups is 1. The summed E-state index contributed by atoms with van der Waals surface area (Å²) in [5, 5.41) is 16.5. The summed E-state index contributed by atoms with van der Waals surface area (Å²) < 4.78 is 5.21. The third kappa shape index (κ3) is 3.48. The standard InChI is InChI=1S/C14H14N4O4/c1-9(19)16-10-5-6-13(22-2)11(8-10)17-14-12(18(20)21)4-3-7-15-14/h3-8H,1-2H3,(H,15,17)(H,16,19). The average Bonchev–Trinajstić information content (AvgIpc) is 2.47. The highest BCUT2D eigenvalue weighted by Crippen LogP contribution is 2.32. The molecule has 0 radical (unpaired) electrons. The molecule has 2 N–H and O–H groups in total. The van der Waals surface area contributed by atoms with E-state index in [0.29, 0.717) is 17.1 Å². The molecule has 0 unspecified atom stereocenters. The minimum absolute atomic E-state index is 0.0887. The van der Waals surface area contributed by atoms with E-state index in [2.05, 4.69) is 15.6 Å². The number of nitrogens with zero attached hydrogens (tertiary/aromatic N) is 2. The van der Waals surface area contributed by atoms with E-state index < -0.39 is 4.92 Å². The maximum absolute atomic E-state index is 11.1. The normalized spacial score (nSPS) is 9.91. The van der Waals surface area contributed by atoms with E-state index in [0.717, 1.165) is 0 Å². The molecule has 1 aromatic heterocycles. The molecule has 0 atom stereocenters. The van der Waals surface area contributed by atoms with Gasteiger partial charge in [-0.15, -0.1) is 0 Å². The molecule has 0 aliphatic rings. The van der Waals surface area contributed by atoms with Crippen LogP contribution < -0.4 is 15.4 Å². The number of ether oxygens (including phenoxy) is 1. The number of benzene rings is 1. The van der Waals surface area contributed by atoms with Gasteiger partial charge in [-0.25, -0.2) is 4.98 Å². The predicted molar refractivity (Wildman–Crippen MR) is 81.5 cm³/mol. The maximum Gasteiger partial charge on any atom is 0.311 e. The Bertz CT molecular complexity index is 718. The van der Waals surface area contributed by atoms with Crippen LogP contribution in [0.3, 0.4) is 0 Å². The highest BCUT2D eigenvalue weighted by molar-refractivity contribution is 5.90. The molecular weight excluding hydrogens is 288 g/mol. The van der Waals surface area contributed by atoms with Gasteiger partial charge in [0, 0.05) is 24.9 Å². The van der Waals surface area contributed by atoms with Crippen LogP contribution in [0.5, 0.6) is 5.75 Å². The van der Waals surface area contributed by atoms with Gasteiger partial charge in [-0.05, 0) is 24.3 Å². The molecule has 0 saturated heterocycles. The van der Waals surface area contributed by atoms with Crippen LogP contribution in [0.25, 0.3) is 0 Å². The van der Waals surface area contributed by atoms with Crippen LogP contribution in [0, 0.1) is 10.1 Å². The smallest absolute Gasteiger partial charge is 0.311 e. The first-order valence-electron chi connectivity index (χ1n) is 6.33. The number of amides is 1. The molecule has 8 nitrogen and oxygen atoms in total. The molecule has 0 aliphatic heterocycles. The first kappa shape index (κ1) is 15.2. The van der Waals surface area contributed by atoms with E-state index in [9.17, 15) is 14.9 Å². The average molecular weight is 302 g/mol. The van der Waals surface area contributed by atoms with E-state index >= 15 is 0 Å². The van der Waals surface area contributed by atoms with Crippen molar-refractivity contribution in [1.82, 2.24) is 4.98 Å². The fourth-order valence-electron chi connectivity index (χ4n) is 1.85. The van der Waals surface area contributed by atoms with Gasteiger partial charge in [0.15, 0.2) is 0 Å². The number of rotatable bonds is 5. The Balaban J connectivity index is 2.39. The Morgan fingerprint density at radius 2 is 2.14 bits per heavy atom. The van der Waals surface area contributed by atoms with E-state index in [-0.39, 0.29) is 17.4 Å². The van der Waals surface area contributed by atoms with Crippen molar-refractivity contribution in [2.45, 2.75) is 6.92 Å². The third-order valence-corrected chi connectivity index (χ3v) is 2.76. The second-order valence-corrected chi connectivity index (χ2v) is 4.35. The molecule has 114 valence electrons. The van der Waals surface area contributed by atoms with Crippen molar-refractivity contribution in [3.8, 4) is 5.75 Å². The summed E-state index contributed by atoms with van der Waals surface area (Å²) in [5.74, 6) is 0.333. The van der Waals surface area contributed by atoms with Gasteiger partial charge in [0.25, 0.3) is 0 Å². The largest absolute Gasteiger partial charge is 0.495 e. The monoisotopic (exact) mass is 302 g/mol. The molecule has 0 spiro atoms. The SMILES string of the molecule is COc1ccc(NC(C)=O)cc1Nc1ncccc1[N+](=O)[O-]. The van der Waals surface area contributed by atoms with Crippen LogP contribution in [0.1, 0.15) is 6.92 Å². The lowest BCUT2D eigenvalue weighted by molar-refractivity contribution is -0.384. The van der Waals surface area contributed by atoms with Crippen molar-refractivity contribution >= 4 is 28.8 Å². The Morgan fingerprint density at radius 3 is 2.77 bits per heavy atom. The fourth-order valence-corrected chi connectivity index (χ4v) is 1.85. The van der Waals surface area contributed by atoms with E-state index in [1.54, 1.807) is 18.2 Å². The molecular formula is C14H14N4O4. The first-order valence-corrected chi connectivity index (χ1v) is 6.33. The number of aromatic nitrogens is 1. The number of methoxy groups -OCH3 is 1. The highest BCUT2D eigenvalue weighted by atomic mass is 16.6. The first-order chi connectivity index (χ1) is 10.5. The maximum atomic E-state index is 11.1. The number of anilines is 3. The zero-order chi connectivity index (χ0) is 16.1. The van der Waals surface area contributed by atoms with E-state index in [1.165, 1.54) is 32.4 Å². The zero-order valence-electron chi connectivity index (χ0n) is 12.0. The topological polar surface area (TPSA) is 106 Å². The lowest BCUT2D eigenvalue weighted by Crippen LogP contribution is -2.07. The van der Waals surface area contributed by atoms with Gasteiger partial charge in [-0.3, -0.25) is 14.9 Å². The lowest BCUT2D eigenvalue weighted by atomic mass is 10.2. The summed E-state index contributed by atoms with van der Waals surface area (Å²) in [6.45, 7) is 1.39. The van der Waals surface area contributed by atoms with Crippen LogP contribution in [0.4, 0.5) is 22.9 Å². The molecule has 8 heteroatoms. The summed E-state index contributed by atoms with van der Waals surface area (Å²) in [7, 11) is 1.48. The lowest BCUT2D eigenvalue weighted by Gasteiger charge is -2.12. The van der Waals surface area contributed by atoms with Crippen LogP contribution in [-0.4, -0.2) is 22.9 Å². The molecule has 2 rings (SSSR count). The van der Waals surface area contributed by atoms with Crippen LogP contribution in [0.2, 0.25) is 0 Å². The number of carbonyl (C=O) groups excluding carboxylic acids is 1. The van der Waals surface area contributed by atoms with Gasteiger partial charge < -0.3 is 15.4 Å². The minimum atomic E-state index is -0.528. The molecule has 1 amide bonds. The van der Waals surface area contributed by atoms with E-state index in [4.69, 9.17) is 4.74 Å². The summed E-state index contributed by atoms with van der Waals surface area (Å²) in [6, 6.07) is 7.74. The van der Waals surface area contributed by atoms with Crippen LogP contribution in [0.15, 0.2) is 36.5 Å². The van der Waals surface area contributed by atoms with Gasteiger partial charge >= 0.3 is 5.69 Å². The molecule has 0 bridgehead atoms. The molecule has 0 fully saturated rings. The van der Waals surface area contributed by atoms with Crippen molar-refractivity contribution in [3.05, 3.63) is 46.6 Å². The quantitative estimate of drug-likeness (QED) is 0.649. The molecule has 1 heterocycles. The van der Waals surface area contributed by atoms with Gasteiger partial charge in [0.1, 0.15) is 5.75 Å². The van der Waals surface area contributed by atoms with Crippen molar-refractivity contribution < 1.29 is 14.5 Å². The highest BCUT2D eigenvalue weighted by Gasteiger charge is 2.16. The molecule has 2 aromatic rings. The number of pyridine rings is 1. The minimum Gasteiger partial charge on any atom is -0.495 e. The molecule has 22 heavy (non-hydrogen) atoms. The number of hydrogen-bond donors (Lipinski definition) is 2. The fraction of sp³-hybridized carbons (Fsp3) is 0.143. The van der Waals surface area contributed by atoms with Crippen molar-refractivity contribution in [1.29, 1.82) is 0 Å². The van der Waals surface area contributed by atoms with Gasteiger partial charge in [-0.2, -0.15) is 0 Å². The summed E-state index contributed by atoms with van der Waals surface area (Å²) in [4.78, 5) is 25.6. The zero-order valence-corrected chi connectivity index (χ0v) is 12.0. The van der Waals surface area contributed by atoms with Crippen LogP contribution in [-0.2, 0) is 4.79 Å². The number of hydrogen-bond acceptors (Lipinski definition) is 6. The van der Waals surface area contributed by atoms with Crippen molar-refractivity contribution in [2.75, 3.05) is 17.7 Å². The summed E-state index contributed by atoms with van der Waals surface area (Å²) in [5.41, 5.74) is 0.833. The molecule has 0 aliphatic carbocycles. The van der Waals surface area contributed by atoms with Gasteiger partial charge in [-0.1, -0.05) is 0 Å². The van der Waals surface area contributed by atoms with Gasteiger partial charge in [0.2, 0.25) is 11.7 Å². The Hall–Kier alpha value is -3.16. The number of nitro groups is 1. The Labute approximate surface area is 126 Å². The second-order valence-electron chi connectivity index (χ2n) is 4.35. The molecule has 1 aromatic carbocycles. The Morgan fingerprint density at radius 1 is 1.36 bits per heavy atom. The van der Waals surface area contributed by atoms with Crippen molar-refractivity contribution in [2.24, 2.45) is 0 Å². The number of nitrogens with one attached hydrogen (secondary N) is 2. The predicted octanol–water partition coefficient (Wildman–Crippen LogP) is 2.70. The summed E-state index contributed by atoms with van der Waals surface area (Å²) >= 11 is 0. The third-order valence-electron chi connectivity index (χ3n) is 2.76. The summed E-state index contributed by atoms with van der Waals surface area (Å²) in [6.07, 6.45) is 1.44. The van der Waals surface area contributed by atoms with Gasteiger partial charge in [0.05, 0.1) is 17.7 Å². The molecule has 0 saturated carbocycles. The van der Waals surface area contributed by atoms with Crippen LogP contribution >= 0.6 is 0 Å². The Kier molecular flexibility index (Phi) is 4.52. The second kappa shape index (κ2) is 6.53. The van der Waals surface area contributed by atoms with Crippen molar-refractivity contribution in [3.63, 3.8) is 0 Å². The van der Waals surface area contributed by atoms with E-state index in [1.807, 2.05) is 0 Å².